The summed E-state index contributed by atoms with van der Waals surface area (Å²) in [6.45, 7) is 11.1. The third-order valence-electron chi connectivity index (χ3n) is 3.80. The van der Waals surface area contributed by atoms with E-state index >= 15 is 0 Å². The first-order valence-corrected chi connectivity index (χ1v) is 7.01. The summed E-state index contributed by atoms with van der Waals surface area (Å²) in [4.78, 5) is 2.55. The lowest BCUT2D eigenvalue weighted by atomic mass is 10.1. The maximum atomic E-state index is 4.59. The topological polar surface area (TPSA) is 33.1 Å². The highest BCUT2D eigenvalue weighted by atomic mass is 15.3. The van der Waals surface area contributed by atoms with Crippen LogP contribution in [-0.4, -0.2) is 41.4 Å². The van der Waals surface area contributed by atoms with Gasteiger partial charge in [-0.15, -0.1) is 0 Å². The van der Waals surface area contributed by atoms with Crippen LogP contribution in [-0.2, 0) is 6.54 Å². The molecule has 18 heavy (non-hydrogen) atoms. The van der Waals surface area contributed by atoms with Gasteiger partial charge in [-0.25, -0.2) is 0 Å². The van der Waals surface area contributed by atoms with E-state index in [0.717, 1.165) is 19.0 Å². The number of aryl methyl sites for hydroxylation is 1. The zero-order valence-electron chi connectivity index (χ0n) is 12.1. The molecular weight excluding hydrogens is 224 g/mol. The Bertz CT molecular complexity index is 383. The zero-order valence-corrected chi connectivity index (χ0v) is 12.1. The molecule has 0 spiro atoms. The molecule has 1 N–H and O–H groups in total. The minimum absolute atomic E-state index is 0.452. The molecule has 2 rings (SSSR count). The average molecular weight is 250 g/mol. The molecule has 1 aromatic heterocycles. The van der Waals surface area contributed by atoms with Crippen molar-refractivity contribution in [3.8, 4) is 0 Å². The Kier molecular flexibility index (Phi) is 4.40. The van der Waals surface area contributed by atoms with Gasteiger partial charge in [0.15, 0.2) is 0 Å². The van der Waals surface area contributed by atoms with Crippen LogP contribution in [0.5, 0.6) is 0 Å². The van der Waals surface area contributed by atoms with Gasteiger partial charge in [0.25, 0.3) is 0 Å². The number of hydrogen-bond donors (Lipinski definition) is 1. The second-order valence-corrected chi connectivity index (χ2v) is 5.76. The molecule has 1 aromatic rings. The van der Waals surface area contributed by atoms with E-state index in [2.05, 4.69) is 47.0 Å². The summed E-state index contributed by atoms with van der Waals surface area (Å²) < 4.78 is 2.08. The standard InChI is InChI=1S/C14H26N4/c1-11(2)18-10-14(12(3)16-18)9-17-6-5-13(8-17)7-15-4/h10-11,13,15H,5-9H2,1-4H3. The Hall–Kier alpha value is -0.870. The summed E-state index contributed by atoms with van der Waals surface area (Å²) >= 11 is 0. The minimum atomic E-state index is 0.452. The van der Waals surface area contributed by atoms with Crippen molar-refractivity contribution in [3.63, 3.8) is 0 Å². The lowest BCUT2D eigenvalue weighted by Crippen LogP contribution is -2.24. The van der Waals surface area contributed by atoms with E-state index in [1.54, 1.807) is 0 Å². The fourth-order valence-corrected chi connectivity index (χ4v) is 2.69. The summed E-state index contributed by atoms with van der Waals surface area (Å²) in [6, 6.07) is 0.452. The van der Waals surface area contributed by atoms with E-state index in [9.17, 15) is 0 Å². The van der Waals surface area contributed by atoms with Crippen molar-refractivity contribution in [2.75, 3.05) is 26.7 Å². The number of rotatable bonds is 5. The molecular formula is C14H26N4. The van der Waals surface area contributed by atoms with E-state index in [1.165, 1.54) is 30.8 Å². The van der Waals surface area contributed by atoms with Crippen LogP contribution >= 0.6 is 0 Å². The van der Waals surface area contributed by atoms with Crippen LogP contribution < -0.4 is 5.32 Å². The molecule has 1 aliphatic heterocycles. The van der Waals surface area contributed by atoms with Crippen molar-refractivity contribution in [3.05, 3.63) is 17.5 Å². The molecule has 1 atom stereocenters. The van der Waals surface area contributed by atoms with Crippen molar-refractivity contribution in [1.29, 1.82) is 0 Å². The SMILES string of the molecule is CNCC1CCN(Cc2cn(C(C)C)nc2C)C1. The van der Waals surface area contributed by atoms with Crippen molar-refractivity contribution in [2.45, 2.75) is 39.8 Å². The van der Waals surface area contributed by atoms with Gasteiger partial charge in [-0.1, -0.05) is 0 Å². The average Bonchev–Trinajstić information content (AvgIpc) is 2.88. The first-order valence-electron chi connectivity index (χ1n) is 7.01. The van der Waals surface area contributed by atoms with E-state index in [1.807, 2.05) is 7.05 Å². The number of likely N-dealkylation sites (tertiary alicyclic amines) is 1. The van der Waals surface area contributed by atoms with Crippen LogP contribution in [0.4, 0.5) is 0 Å². The highest BCUT2D eigenvalue weighted by Gasteiger charge is 2.22. The number of aromatic nitrogens is 2. The molecule has 0 amide bonds. The van der Waals surface area contributed by atoms with Gasteiger partial charge in [0, 0.05) is 30.9 Å². The summed E-state index contributed by atoms with van der Waals surface area (Å²) in [6.07, 6.45) is 3.53. The third kappa shape index (κ3) is 3.12. The maximum absolute atomic E-state index is 4.59. The highest BCUT2D eigenvalue weighted by Crippen LogP contribution is 2.20. The monoisotopic (exact) mass is 250 g/mol. The van der Waals surface area contributed by atoms with E-state index in [0.29, 0.717) is 6.04 Å². The van der Waals surface area contributed by atoms with Crippen molar-refractivity contribution >= 4 is 0 Å². The molecule has 0 radical (unpaired) electrons. The Morgan fingerprint density at radius 2 is 2.28 bits per heavy atom. The lowest BCUT2D eigenvalue weighted by molar-refractivity contribution is 0.314. The molecule has 0 bridgehead atoms. The molecule has 2 heterocycles. The van der Waals surface area contributed by atoms with Crippen LogP contribution in [0.3, 0.4) is 0 Å². The zero-order chi connectivity index (χ0) is 13.1. The molecule has 0 saturated carbocycles. The van der Waals surface area contributed by atoms with E-state index in [4.69, 9.17) is 0 Å². The van der Waals surface area contributed by atoms with Gasteiger partial charge in [0.2, 0.25) is 0 Å². The predicted molar refractivity (Wildman–Crippen MR) is 74.7 cm³/mol. The van der Waals surface area contributed by atoms with Crippen LogP contribution in [0.2, 0.25) is 0 Å². The Morgan fingerprint density at radius 3 is 2.89 bits per heavy atom. The number of nitrogens with one attached hydrogen (secondary N) is 1. The second-order valence-electron chi connectivity index (χ2n) is 5.76. The summed E-state index contributed by atoms with van der Waals surface area (Å²) in [7, 11) is 2.04. The summed E-state index contributed by atoms with van der Waals surface area (Å²) in [5, 5.41) is 7.87. The Balaban J connectivity index is 1.94. The van der Waals surface area contributed by atoms with Crippen LogP contribution in [0, 0.1) is 12.8 Å². The number of nitrogens with zero attached hydrogens (tertiary/aromatic N) is 3. The van der Waals surface area contributed by atoms with Crippen LogP contribution in [0.1, 0.15) is 37.6 Å². The summed E-state index contributed by atoms with van der Waals surface area (Å²) in [5.74, 6) is 0.815. The molecule has 102 valence electrons. The Labute approximate surface area is 110 Å². The maximum Gasteiger partial charge on any atom is 0.0638 e. The second kappa shape index (κ2) is 5.85. The van der Waals surface area contributed by atoms with Gasteiger partial charge in [-0.05, 0) is 53.2 Å². The first-order chi connectivity index (χ1) is 8.60. The van der Waals surface area contributed by atoms with Crippen LogP contribution in [0.25, 0.3) is 0 Å². The third-order valence-corrected chi connectivity index (χ3v) is 3.80. The Morgan fingerprint density at radius 1 is 1.50 bits per heavy atom. The lowest BCUT2D eigenvalue weighted by Gasteiger charge is -2.15. The molecule has 4 heteroatoms. The van der Waals surface area contributed by atoms with Gasteiger partial charge in [0.05, 0.1) is 5.69 Å². The largest absolute Gasteiger partial charge is 0.319 e. The molecule has 1 unspecified atom stereocenters. The van der Waals surface area contributed by atoms with Crippen molar-refractivity contribution in [1.82, 2.24) is 20.0 Å². The van der Waals surface area contributed by atoms with Gasteiger partial charge in [-0.2, -0.15) is 5.10 Å². The normalized spacial score (nSPS) is 21.1. The van der Waals surface area contributed by atoms with Gasteiger partial charge in [0.1, 0.15) is 0 Å². The first kappa shape index (κ1) is 13.6. The highest BCUT2D eigenvalue weighted by molar-refractivity contribution is 5.15. The van der Waals surface area contributed by atoms with E-state index < -0.39 is 0 Å². The molecule has 0 aromatic carbocycles. The number of hydrogen-bond acceptors (Lipinski definition) is 3. The fourth-order valence-electron chi connectivity index (χ4n) is 2.69. The molecule has 4 nitrogen and oxygen atoms in total. The van der Waals surface area contributed by atoms with Gasteiger partial charge in [-0.3, -0.25) is 9.58 Å². The minimum Gasteiger partial charge on any atom is -0.319 e. The molecule has 1 fully saturated rings. The van der Waals surface area contributed by atoms with Crippen molar-refractivity contribution in [2.24, 2.45) is 5.92 Å². The van der Waals surface area contributed by atoms with Crippen molar-refractivity contribution < 1.29 is 0 Å². The van der Waals surface area contributed by atoms with E-state index in [-0.39, 0.29) is 0 Å². The quantitative estimate of drug-likeness (QED) is 0.865. The van der Waals surface area contributed by atoms with Gasteiger partial charge >= 0.3 is 0 Å². The summed E-state index contributed by atoms with van der Waals surface area (Å²) in [5.41, 5.74) is 2.56. The molecule has 0 aliphatic carbocycles. The van der Waals surface area contributed by atoms with Crippen LogP contribution in [0.15, 0.2) is 6.20 Å². The smallest absolute Gasteiger partial charge is 0.0638 e. The van der Waals surface area contributed by atoms with Gasteiger partial charge < -0.3 is 5.32 Å². The fraction of sp³-hybridized carbons (Fsp3) is 0.786. The molecule has 1 aliphatic rings. The predicted octanol–water partition coefficient (Wildman–Crippen LogP) is 1.81. The molecule has 1 saturated heterocycles.